The molecule has 13 heteroatoms. The molecule has 192 valence electrons. The Morgan fingerprint density at radius 3 is 2.68 bits per heavy atom. The van der Waals surface area contributed by atoms with Crippen molar-refractivity contribution in [3.8, 4) is 11.8 Å². The molecule has 2 aromatic heterocycles. The number of unbranched alkanes of at least 4 members (excludes halogenated alkanes) is 1. The van der Waals surface area contributed by atoms with Crippen LogP contribution in [0.4, 0.5) is 18.9 Å². The molecule has 2 amide bonds. The molecule has 0 saturated carbocycles. The molecule has 9 nitrogen and oxygen atoms in total. The molecule has 3 rings (SSSR count). The topological polar surface area (TPSA) is 130 Å². The van der Waals surface area contributed by atoms with Gasteiger partial charge in [0.25, 0.3) is 11.8 Å². The van der Waals surface area contributed by atoms with Gasteiger partial charge in [-0.05, 0) is 37.0 Å². The number of rotatable bonds is 7. The quantitative estimate of drug-likeness (QED) is 0.306. The molecule has 0 atom stereocenters. The third-order valence-electron chi connectivity index (χ3n) is 4.78. The number of halogens is 4. The van der Waals surface area contributed by atoms with Crippen molar-refractivity contribution in [2.75, 3.05) is 11.9 Å². The van der Waals surface area contributed by atoms with Gasteiger partial charge in [0.15, 0.2) is 5.69 Å². The van der Waals surface area contributed by atoms with Crippen molar-refractivity contribution < 1.29 is 32.4 Å². The van der Waals surface area contributed by atoms with Crippen LogP contribution in [0.5, 0.6) is 0 Å². The summed E-state index contributed by atoms with van der Waals surface area (Å²) < 4.78 is 44.3. The smallest absolute Gasteiger partial charge is 0.396 e. The fourth-order valence-corrected chi connectivity index (χ4v) is 3.14. The second-order valence-corrected chi connectivity index (χ2v) is 7.88. The van der Waals surface area contributed by atoms with Crippen LogP contribution < -0.4 is 10.6 Å². The van der Waals surface area contributed by atoms with Gasteiger partial charge in [0.2, 0.25) is 5.76 Å². The zero-order chi connectivity index (χ0) is 27.2. The first-order chi connectivity index (χ1) is 17.5. The number of hydrogen-bond acceptors (Lipinski definition) is 7. The average Bonchev–Trinajstić information content (AvgIpc) is 3.34. The third kappa shape index (κ3) is 6.93. The Hall–Kier alpha value is -4.21. The molecule has 1 aromatic carbocycles. The van der Waals surface area contributed by atoms with E-state index in [1.807, 2.05) is 0 Å². The van der Waals surface area contributed by atoms with Crippen LogP contribution in [0.2, 0.25) is 5.02 Å². The first kappa shape index (κ1) is 27.4. The first-order valence-corrected chi connectivity index (χ1v) is 11.0. The highest BCUT2D eigenvalue weighted by Gasteiger charge is 2.32. The van der Waals surface area contributed by atoms with Gasteiger partial charge in [-0.25, -0.2) is 9.97 Å². The Balaban J connectivity index is 1.69. The highest BCUT2D eigenvalue weighted by molar-refractivity contribution is 6.34. The van der Waals surface area contributed by atoms with E-state index in [1.165, 1.54) is 19.1 Å². The Bertz CT molecular complexity index is 1410. The number of nitrogens with one attached hydrogen (secondary N) is 2. The molecule has 0 aliphatic heterocycles. The maximum Gasteiger partial charge on any atom is 0.416 e. The van der Waals surface area contributed by atoms with E-state index in [0.29, 0.717) is 12.8 Å². The average molecular weight is 534 g/mol. The number of carbonyl (C=O) groups excluding carboxylic acids is 2. The molecule has 37 heavy (non-hydrogen) atoms. The summed E-state index contributed by atoms with van der Waals surface area (Å²) in [5.41, 5.74) is -1.13. The summed E-state index contributed by atoms with van der Waals surface area (Å²) in [6.07, 6.45) is -2.60. The summed E-state index contributed by atoms with van der Waals surface area (Å²) in [5, 5.41) is 17.1. The normalized spacial score (nSPS) is 10.9. The van der Waals surface area contributed by atoms with Gasteiger partial charge in [-0.1, -0.05) is 35.3 Å². The van der Waals surface area contributed by atoms with Crippen molar-refractivity contribution in [1.82, 2.24) is 20.4 Å². The number of nitrogens with zero attached hydrogens (tertiary/aromatic N) is 3. The zero-order valence-electron chi connectivity index (χ0n) is 19.2. The van der Waals surface area contributed by atoms with Gasteiger partial charge in [0.1, 0.15) is 22.7 Å². The van der Waals surface area contributed by atoms with Crippen LogP contribution in [-0.4, -0.2) is 38.7 Å². The minimum atomic E-state index is -4.58. The van der Waals surface area contributed by atoms with Crippen LogP contribution in [0.15, 0.2) is 41.7 Å². The van der Waals surface area contributed by atoms with Crippen molar-refractivity contribution in [3.63, 3.8) is 0 Å². The Morgan fingerprint density at radius 2 is 1.97 bits per heavy atom. The van der Waals surface area contributed by atoms with Crippen LogP contribution >= 0.6 is 11.6 Å². The minimum absolute atomic E-state index is 0.00384. The first-order valence-electron chi connectivity index (χ1n) is 10.6. The number of carbonyl (C=O) groups is 2. The lowest BCUT2D eigenvalue weighted by atomic mass is 10.1. The van der Waals surface area contributed by atoms with Crippen LogP contribution in [0.1, 0.15) is 56.4 Å². The number of alkyl halides is 3. The second kappa shape index (κ2) is 11.7. The van der Waals surface area contributed by atoms with Gasteiger partial charge in [-0.3, -0.25) is 9.59 Å². The Morgan fingerprint density at radius 1 is 1.22 bits per heavy atom. The van der Waals surface area contributed by atoms with Crippen molar-refractivity contribution in [2.45, 2.75) is 25.9 Å². The van der Waals surface area contributed by atoms with Gasteiger partial charge in [0, 0.05) is 24.8 Å². The van der Waals surface area contributed by atoms with Crippen LogP contribution in [0.3, 0.4) is 0 Å². The standard InChI is InChI=1S/C24H19ClF3N5O4/c1-13-7-8-15(10-16(13)24(26,27)28)32-22(35)19-11-18(33-37-19)14(2)31-23(36)21-20(25)17(29-12-30-21)6-4-3-5-9-34/h7-8,10-12,34H,2-3,5,9H2,1H3,(H,31,36)(H,32,35). The lowest BCUT2D eigenvalue weighted by Crippen LogP contribution is -2.23. The molecule has 0 bridgehead atoms. The highest BCUT2D eigenvalue weighted by Crippen LogP contribution is 2.33. The van der Waals surface area contributed by atoms with Crippen molar-refractivity contribution >= 4 is 34.8 Å². The number of aromatic nitrogens is 3. The van der Waals surface area contributed by atoms with E-state index < -0.39 is 23.6 Å². The van der Waals surface area contributed by atoms with Crippen LogP contribution in [0, 0.1) is 18.8 Å². The summed E-state index contributed by atoms with van der Waals surface area (Å²) in [7, 11) is 0. The number of aliphatic hydroxyl groups excluding tert-OH is 1. The molecule has 3 N–H and O–H groups in total. The minimum Gasteiger partial charge on any atom is -0.396 e. The van der Waals surface area contributed by atoms with E-state index in [9.17, 15) is 22.8 Å². The lowest BCUT2D eigenvalue weighted by Gasteiger charge is -2.12. The van der Waals surface area contributed by atoms with Gasteiger partial charge < -0.3 is 20.3 Å². The van der Waals surface area contributed by atoms with Gasteiger partial charge in [0.05, 0.1) is 11.3 Å². The van der Waals surface area contributed by atoms with E-state index in [4.69, 9.17) is 21.2 Å². The molecule has 0 radical (unpaired) electrons. The van der Waals surface area contributed by atoms with Crippen molar-refractivity contribution in [2.24, 2.45) is 0 Å². The Labute approximate surface area is 213 Å². The van der Waals surface area contributed by atoms with Crippen LogP contribution in [0.25, 0.3) is 5.70 Å². The summed E-state index contributed by atoms with van der Waals surface area (Å²) in [5.74, 6) is 3.51. The van der Waals surface area contributed by atoms with E-state index in [1.54, 1.807) is 0 Å². The molecule has 0 aliphatic rings. The van der Waals surface area contributed by atoms with Crippen LogP contribution in [-0.2, 0) is 6.18 Å². The fraction of sp³-hybridized carbons (Fsp3) is 0.208. The SMILES string of the molecule is C=C(NC(=O)c1ncnc(C#CCCCO)c1Cl)c1cc(C(=O)Nc2ccc(C)c(C(F)(F)F)c2)on1. The number of aliphatic hydroxyl groups is 1. The molecule has 2 heterocycles. The maximum absolute atomic E-state index is 13.1. The number of benzene rings is 1. The molecular weight excluding hydrogens is 515 g/mol. The number of amides is 2. The van der Waals surface area contributed by atoms with Gasteiger partial charge in [-0.2, -0.15) is 13.2 Å². The lowest BCUT2D eigenvalue weighted by molar-refractivity contribution is -0.138. The third-order valence-corrected chi connectivity index (χ3v) is 5.14. The highest BCUT2D eigenvalue weighted by atomic mass is 35.5. The predicted octanol–water partition coefficient (Wildman–Crippen LogP) is 4.22. The second-order valence-electron chi connectivity index (χ2n) is 7.50. The number of hydrogen-bond donors (Lipinski definition) is 3. The monoisotopic (exact) mass is 533 g/mol. The Kier molecular flexibility index (Phi) is 8.65. The summed E-state index contributed by atoms with van der Waals surface area (Å²) in [4.78, 5) is 32.9. The molecule has 0 unspecified atom stereocenters. The maximum atomic E-state index is 13.1. The molecule has 3 aromatic rings. The van der Waals surface area contributed by atoms with E-state index >= 15 is 0 Å². The predicted molar refractivity (Wildman–Crippen MR) is 127 cm³/mol. The number of aryl methyl sites for hydroxylation is 1. The van der Waals surface area contributed by atoms with Gasteiger partial charge in [-0.15, -0.1) is 0 Å². The number of anilines is 1. The van der Waals surface area contributed by atoms with Gasteiger partial charge >= 0.3 is 6.18 Å². The van der Waals surface area contributed by atoms with E-state index in [0.717, 1.165) is 18.5 Å². The zero-order valence-corrected chi connectivity index (χ0v) is 20.0. The molecule has 0 saturated heterocycles. The summed E-state index contributed by atoms with van der Waals surface area (Å²) in [6.45, 7) is 4.96. The van der Waals surface area contributed by atoms with E-state index in [2.05, 4.69) is 44.2 Å². The largest absolute Gasteiger partial charge is 0.416 e. The molecular formula is C24H19ClF3N5O4. The molecule has 0 fully saturated rings. The van der Waals surface area contributed by atoms with E-state index in [-0.39, 0.29) is 51.4 Å². The van der Waals surface area contributed by atoms with Crippen molar-refractivity contribution in [1.29, 1.82) is 0 Å². The molecule has 0 spiro atoms. The summed E-state index contributed by atoms with van der Waals surface area (Å²) >= 11 is 6.19. The fourth-order valence-electron chi connectivity index (χ4n) is 2.91. The summed E-state index contributed by atoms with van der Waals surface area (Å²) in [6, 6.07) is 4.50. The molecule has 0 aliphatic carbocycles. The van der Waals surface area contributed by atoms with Crippen molar-refractivity contribution in [3.05, 3.63) is 76.2 Å².